The second-order valence-electron chi connectivity index (χ2n) is 6.82. The number of amides is 2. The summed E-state index contributed by atoms with van der Waals surface area (Å²) in [6, 6.07) is 7.58. The number of imide groups is 1. The predicted octanol–water partition coefficient (Wildman–Crippen LogP) is 5.94. The number of ether oxygens (including phenoxy) is 3. The summed E-state index contributed by atoms with van der Waals surface area (Å²) < 4.78 is 16.6. The van der Waals surface area contributed by atoms with Gasteiger partial charge in [-0.25, -0.2) is 4.79 Å². The topological polar surface area (TPSA) is 82.1 Å². The number of halogens is 3. The Balaban J connectivity index is 1.83. The summed E-state index contributed by atoms with van der Waals surface area (Å²) in [7, 11) is 2.69. The Morgan fingerprint density at radius 2 is 1.91 bits per heavy atom. The van der Waals surface area contributed by atoms with Crippen molar-refractivity contribution in [2.24, 2.45) is 0 Å². The first-order valence-electron chi connectivity index (χ1n) is 9.45. The molecule has 1 aliphatic rings. The fourth-order valence-corrected chi connectivity index (χ4v) is 4.79. The minimum atomic E-state index is -1.02. The van der Waals surface area contributed by atoms with E-state index in [1.54, 1.807) is 36.4 Å². The number of hydrogen-bond donors (Lipinski definition) is 0. The maximum Gasteiger partial charge on any atom is 0.328 e. The standard InChI is InChI=1S/C22H18BrCl2NO6S/c1-11(21(28)31-3)26-20(27)18(33-22(26)29)9-13-6-14(23)19(17(8-13)30-2)32-10-12-4-5-15(24)16(25)7-12/h4-9,11H,10H2,1-3H3/b18-9+/t11-/m1/s1. The van der Waals surface area contributed by atoms with Crippen molar-refractivity contribution in [1.82, 2.24) is 4.90 Å². The number of thioether (sulfide) groups is 1. The average molecular weight is 575 g/mol. The van der Waals surface area contributed by atoms with Gasteiger partial charge in [0.2, 0.25) is 0 Å². The van der Waals surface area contributed by atoms with Crippen molar-refractivity contribution >= 4 is 74.1 Å². The predicted molar refractivity (Wildman–Crippen MR) is 131 cm³/mol. The largest absolute Gasteiger partial charge is 0.493 e. The molecule has 0 aromatic heterocycles. The molecule has 2 amide bonds. The van der Waals surface area contributed by atoms with Crippen LogP contribution in [0.2, 0.25) is 10.0 Å². The van der Waals surface area contributed by atoms with E-state index in [-0.39, 0.29) is 11.5 Å². The zero-order chi connectivity index (χ0) is 24.3. The number of nitrogens with zero attached hydrogens (tertiary/aromatic N) is 1. The highest BCUT2D eigenvalue weighted by molar-refractivity contribution is 9.10. The molecule has 7 nitrogen and oxygen atoms in total. The first-order valence-corrected chi connectivity index (χ1v) is 11.8. The first-order chi connectivity index (χ1) is 15.7. The van der Waals surface area contributed by atoms with Crippen LogP contribution in [0, 0.1) is 0 Å². The molecule has 1 aliphatic heterocycles. The van der Waals surface area contributed by atoms with E-state index < -0.39 is 23.2 Å². The van der Waals surface area contributed by atoms with Crippen LogP contribution in [-0.4, -0.2) is 42.3 Å². The third kappa shape index (κ3) is 5.66. The number of methoxy groups -OCH3 is 2. The SMILES string of the molecule is COC(=O)[C@@H](C)N1C(=O)S/C(=C/c2cc(Br)c(OCc3ccc(Cl)c(Cl)c3)c(OC)c2)C1=O. The smallest absolute Gasteiger partial charge is 0.328 e. The summed E-state index contributed by atoms with van der Waals surface area (Å²) in [4.78, 5) is 37.8. The van der Waals surface area contributed by atoms with E-state index in [1.807, 2.05) is 0 Å². The van der Waals surface area contributed by atoms with Crippen molar-refractivity contribution in [3.8, 4) is 11.5 Å². The van der Waals surface area contributed by atoms with E-state index in [4.69, 9.17) is 32.7 Å². The van der Waals surface area contributed by atoms with Gasteiger partial charge in [0.15, 0.2) is 11.5 Å². The van der Waals surface area contributed by atoms with E-state index >= 15 is 0 Å². The molecular formula is C22H18BrCl2NO6S. The van der Waals surface area contributed by atoms with Crippen LogP contribution in [0.15, 0.2) is 39.7 Å². The Hall–Kier alpha value is -2.20. The van der Waals surface area contributed by atoms with E-state index in [9.17, 15) is 14.4 Å². The number of rotatable bonds is 7. The quantitative estimate of drug-likeness (QED) is 0.299. The minimum Gasteiger partial charge on any atom is -0.493 e. The van der Waals surface area contributed by atoms with Crippen molar-refractivity contribution in [3.63, 3.8) is 0 Å². The molecule has 0 aliphatic carbocycles. The number of esters is 1. The molecule has 11 heteroatoms. The monoisotopic (exact) mass is 573 g/mol. The van der Waals surface area contributed by atoms with Crippen LogP contribution >= 0.6 is 50.9 Å². The van der Waals surface area contributed by atoms with Crippen LogP contribution in [0.3, 0.4) is 0 Å². The van der Waals surface area contributed by atoms with Crippen LogP contribution < -0.4 is 9.47 Å². The van der Waals surface area contributed by atoms with Crippen LogP contribution in [0.5, 0.6) is 11.5 Å². The molecule has 0 N–H and O–H groups in total. The summed E-state index contributed by atoms with van der Waals surface area (Å²) in [5.41, 5.74) is 1.41. The Kier molecular flexibility index (Phi) is 8.33. The normalized spacial score (nSPS) is 15.7. The van der Waals surface area contributed by atoms with Gasteiger partial charge >= 0.3 is 5.97 Å². The third-order valence-electron chi connectivity index (χ3n) is 4.67. The summed E-state index contributed by atoms with van der Waals surface area (Å²) in [6.45, 7) is 1.65. The fourth-order valence-electron chi connectivity index (χ4n) is 2.99. The molecule has 0 spiro atoms. The van der Waals surface area contributed by atoms with Gasteiger partial charge in [0.05, 0.1) is 33.6 Å². The highest BCUT2D eigenvalue weighted by Crippen LogP contribution is 2.40. The molecule has 1 heterocycles. The van der Waals surface area contributed by atoms with Crippen LogP contribution in [0.1, 0.15) is 18.1 Å². The number of hydrogen-bond acceptors (Lipinski definition) is 7. The van der Waals surface area contributed by atoms with Crippen molar-refractivity contribution in [1.29, 1.82) is 0 Å². The maximum absolute atomic E-state index is 12.7. The summed E-state index contributed by atoms with van der Waals surface area (Å²) in [5.74, 6) is -0.379. The molecule has 1 fully saturated rings. The maximum atomic E-state index is 12.7. The van der Waals surface area contributed by atoms with E-state index in [1.165, 1.54) is 21.1 Å². The van der Waals surface area contributed by atoms with Gasteiger partial charge in [-0.1, -0.05) is 29.3 Å². The molecule has 0 saturated carbocycles. The molecule has 3 rings (SSSR count). The van der Waals surface area contributed by atoms with E-state index in [0.29, 0.717) is 31.6 Å². The molecule has 0 radical (unpaired) electrons. The van der Waals surface area contributed by atoms with Gasteiger partial charge in [-0.05, 0) is 76.1 Å². The van der Waals surface area contributed by atoms with Gasteiger partial charge in [-0.15, -0.1) is 0 Å². The zero-order valence-electron chi connectivity index (χ0n) is 17.7. The average Bonchev–Trinajstić information content (AvgIpc) is 3.06. The fraction of sp³-hybridized carbons (Fsp3) is 0.227. The molecule has 2 aromatic carbocycles. The van der Waals surface area contributed by atoms with Crippen molar-refractivity contribution in [3.05, 3.63) is 60.9 Å². The first kappa shape index (κ1) is 25.4. The molecule has 1 saturated heterocycles. The number of benzene rings is 2. The van der Waals surface area contributed by atoms with Gasteiger partial charge in [-0.3, -0.25) is 14.5 Å². The van der Waals surface area contributed by atoms with Gasteiger partial charge in [0.1, 0.15) is 12.6 Å². The molecule has 2 aromatic rings. The summed E-state index contributed by atoms with van der Waals surface area (Å²) in [6.07, 6.45) is 1.55. The Morgan fingerprint density at radius 1 is 1.18 bits per heavy atom. The van der Waals surface area contributed by atoms with Crippen LogP contribution in [0.4, 0.5) is 4.79 Å². The summed E-state index contributed by atoms with van der Waals surface area (Å²) in [5, 5.41) is 0.334. The van der Waals surface area contributed by atoms with Crippen LogP contribution in [0.25, 0.3) is 6.08 Å². The number of carbonyl (C=O) groups excluding carboxylic acids is 3. The molecule has 0 bridgehead atoms. The Bertz CT molecular complexity index is 1160. The Labute approximate surface area is 213 Å². The minimum absolute atomic E-state index is 0.175. The Morgan fingerprint density at radius 3 is 2.55 bits per heavy atom. The van der Waals surface area contributed by atoms with Gasteiger partial charge in [0.25, 0.3) is 11.1 Å². The second-order valence-corrected chi connectivity index (χ2v) is 9.48. The zero-order valence-corrected chi connectivity index (χ0v) is 21.6. The second kappa shape index (κ2) is 10.8. The summed E-state index contributed by atoms with van der Waals surface area (Å²) >= 11 is 16.2. The van der Waals surface area contributed by atoms with Gasteiger partial charge < -0.3 is 14.2 Å². The lowest BCUT2D eigenvalue weighted by atomic mass is 10.1. The highest BCUT2D eigenvalue weighted by atomic mass is 79.9. The molecule has 174 valence electrons. The van der Waals surface area contributed by atoms with Gasteiger partial charge in [0, 0.05) is 0 Å². The van der Waals surface area contributed by atoms with Crippen molar-refractivity contribution in [2.75, 3.05) is 14.2 Å². The number of carbonyl (C=O) groups is 3. The van der Waals surface area contributed by atoms with Crippen molar-refractivity contribution in [2.45, 2.75) is 19.6 Å². The molecule has 1 atom stereocenters. The lowest BCUT2D eigenvalue weighted by molar-refractivity contribution is -0.148. The molecule has 0 unspecified atom stereocenters. The van der Waals surface area contributed by atoms with Gasteiger partial charge in [-0.2, -0.15) is 0 Å². The molecular weight excluding hydrogens is 557 g/mol. The highest BCUT2D eigenvalue weighted by Gasteiger charge is 2.41. The third-order valence-corrected chi connectivity index (χ3v) is 6.88. The van der Waals surface area contributed by atoms with Crippen LogP contribution in [-0.2, 0) is 20.9 Å². The van der Waals surface area contributed by atoms with Crippen molar-refractivity contribution < 1.29 is 28.6 Å². The van der Waals surface area contributed by atoms with E-state index in [2.05, 4.69) is 20.7 Å². The lowest BCUT2D eigenvalue weighted by Crippen LogP contribution is -2.42. The lowest BCUT2D eigenvalue weighted by Gasteiger charge is -2.18. The van der Waals surface area contributed by atoms with E-state index in [0.717, 1.165) is 22.2 Å². The molecule has 33 heavy (non-hydrogen) atoms.